The van der Waals surface area contributed by atoms with Crippen LogP contribution in [-0.4, -0.2) is 20.6 Å². The molecule has 0 unspecified atom stereocenters. The van der Waals surface area contributed by atoms with E-state index >= 15 is 0 Å². The Hall–Kier alpha value is -0.700. The van der Waals surface area contributed by atoms with Gasteiger partial charge in [-0.15, -0.1) is 0 Å². The van der Waals surface area contributed by atoms with Gasteiger partial charge >= 0.3 is 0 Å². The summed E-state index contributed by atoms with van der Waals surface area (Å²) in [5.74, 6) is 0. The molecule has 0 saturated heterocycles. The van der Waals surface area contributed by atoms with E-state index in [1.165, 1.54) is 21.7 Å². The van der Waals surface area contributed by atoms with Crippen LogP contribution in [-0.2, 0) is 0 Å². The van der Waals surface area contributed by atoms with E-state index in [9.17, 15) is 0 Å². The normalized spacial score (nSPS) is 13.9. The van der Waals surface area contributed by atoms with Gasteiger partial charge in [-0.1, -0.05) is 147 Å². The van der Waals surface area contributed by atoms with E-state index in [1.807, 2.05) is 0 Å². The molecule has 0 aliphatic carbocycles. The van der Waals surface area contributed by atoms with Crippen molar-refractivity contribution in [3.8, 4) is 11.1 Å². The molecular formula is C28H44P2. The minimum absolute atomic E-state index is 0.257. The topological polar surface area (TPSA) is 0 Å². The van der Waals surface area contributed by atoms with Crippen molar-refractivity contribution in [3.63, 3.8) is 0 Å². The van der Waals surface area contributed by atoms with Crippen LogP contribution in [0.25, 0.3) is 11.1 Å². The number of hydrogen-bond donors (Lipinski definition) is 0. The maximum absolute atomic E-state index is 2.39. The third-order valence-electron chi connectivity index (χ3n) is 5.27. The Bertz CT molecular complexity index is 716. The van der Waals surface area contributed by atoms with Gasteiger partial charge in [-0.25, -0.2) is 0 Å². The van der Waals surface area contributed by atoms with Gasteiger partial charge in [0.25, 0.3) is 0 Å². The molecule has 2 aromatic rings. The van der Waals surface area contributed by atoms with E-state index in [0.717, 1.165) is 0 Å². The number of rotatable bonds is 3. The fourth-order valence-electron chi connectivity index (χ4n) is 5.17. The lowest BCUT2D eigenvalue weighted by atomic mass is 10.1. The molecule has 0 atom stereocenters. The molecule has 0 fully saturated rings. The van der Waals surface area contributed by atoms with Crippen LogP contribution >= 0.6 is 15.8 Å². The minimum atomic E-state index is -0.257. The average Bonchev–Trinajstić information content (AvgIpc) is 2.51. The highest BCUT2D eigenvalue weighted by Crippen LogP contribution is 2.59. The molecule has 2 heteroatoms. The molecule has 0 bridgehead atoms. The van der Waals surface area contributed by atoms with Crippen LogP contribution < -0.4 is 10.6 Å². The summed E-state index contributed by atoms with van der Waals surface area (Å²) in [6, 6.07) is 18.8. The van der Waals surface area contributed by atoms with Crippen molar-refractivity contribution in [2.75, 3.05) is 0 Å². The first-order valence-electron chi connectivity index (χ1n) is 11.2. The van der Waals surface area contributed by atoms with E-state index in [2.05, 4.69) is 132 Å². The first-order valence-corrected chi connectivity index (χ1v) is 13.9. The van der Waals surface area contributed by atoms with Gasteiger partial charge in [-0.05, 0) is 42.4 Å². The third kappa shape index (κ3) is 6.17. The van der Waals surface area contributed by atoms with Gasteiger partial charge in [0.05, 0.1) is 0 Å². The Kier molecular flexibility index (Phi) is 7.39. The quantitative estimate of drug-likeness (QED) is 0.417. The Morgan fingerprint density at radius 2 is 0.567 bits per heavy atom. The SMILES string of the molecule is CC(C)(C)P(c1ccc(-c2ccc(P(C(C)(C)C)C(C)(C)C)cc2)cc1)C(C)(C)C. The van der Waals surface area contributed by atoms with Gasteiger partial charge in [0.2, 0.25) is 0 Å². The zero-order chi connectivity index (χ0) is 23.1. The Morgan fingerprint density at radius 1 is 0.367 bits per heavy atom. The summed E-state index contributed by atoms with van der Waals surface area (Å²) < 4.78 is 0. The molecule has 0 N–H and O–H groups in total. The molecule has 0 saturated carbocycles. The molecule has 30 heavy (non-hydrogen) atoms. The van der Waals surface area contributed by atoms with Gasteiger partial charge in [0, 0.05) is 0 Å². The molecular weight excluding hydrogens is 398 g/mol. The summed E-state index contributed by atoms with van der Waals surface area (Å²) in [5.41, 5.74) is 2.64. The van der Waals surface area contributed by atoms with Crippen LogP contribution in [0.3, 0.4) is 0 Å². The van der Waals surface area contributed by atoms with Gasteiger partial charge in [0.15, 0.2) is 0 Å². The summed E-state index contributed by atoms with van der Waals surface area (Å²) in [6.45, 7) is 28.7. The highest BCUT2D eigenvalue weighted by molar-refractivity contribution is 7.68. The fraction of sp³-hybridized carbons (Fsp3) is 0.571. The van der Waals surface area contributed by atoms with Crippen molar-refractivity contribution in [1.82, 2.24) is 0 Å². The maximum atomic E-state index is 2.39. The van der Waals surface area contributed by atoms with E-state index in [0.29, 0.717) is 20.6 Å². The van der Waals surface area contributed by atoms with Gasteiger partial charge < -0.3 is 0 Å². The van der Waals surface area contributed by atoms with Crippen molar-refractivity contribution in [3.05, 3.63) is 48.5 Å². The molecule has 0 spiro atoms. The standard InChI is InChI=1S/C28H44P2/c1-25(2,3)29(26(4,5)6)23-17-13-21(14-18-23)22-15-19-24(20-16-22)30(27(7,8)9)28(10,11)12/h13-20H,1-12H3. The lowest BCUT2D eigenvalue weighted by Crippen LogP contribution is -2.31. The molecule has 0 aliphatic heterocycles. The highest BCUT2D eigenvalue weighted by atomic mass is 31.1. The second-order valence-corrected chi connectivity index (χ2v) is 20.2. The lowest BCUT2D eigenvalue weighted by molar-refractivity contribution is 0.714. The largest absolute Gasteiger partial charge is 0.0643 e. The van der Waals surface area contributed by atoms with Crippen LogP contribution in [0.1, 0.15) is 83.1 Å². The minimum Gasteiger partial charge on any atom is -0.0643 e. The molecule has 0 aliphatic rings. The molecule has 0 amide bonds. The third-order valence-corrected chi connectivity index (χ3v) is 12.3. The van der Waals surface area contributed by atoms with Crippen molar-refractivity contribution in [2.24, 2.45) is 0 Å². The number of hydrogen-bond acceptors (Lipinski definition) is 0. The Morgan fingerprint density at radius 3 is 0.733 bits per heavy atom. The van der Waals surface area contributed by atoms with Crippen molar-refractivity contribution < 1.29 is 0 Å². The van der Waals surface area contributed by atoms with Crippen molar-refractivity contribution in [2.45, 2.75) is 104 Å². The van der Waals surface area contributed by atoms with Gasteiger partial charge in [-0.3, -0.25) is 0 Å². The zero-order valence-corrected chi connectivity index (χ0v) is 23.3. The zero-order valence-electron chi connectivity index (χ0n) is 21.5. The van der Waals surface area contributed by atoms with Crippen LogP contribution in [0.2, 0.25) is 0 Å². The first kappa shape index (κ1) is 25.6. The molecule has 166 valence electrons. The van der Waals surface area contributed by atoms with E-state index in [-0.39, 0.29) is 15.8 Å². The smallest absolute Gasteiger partial charge is 0.0134 e. The summed E-state index contributed by atoms with van der Waals surface area (Å²) in [7, 11) is -0.513. The summed E-state index contributed by atoms with van der Waals surface area (Å²) in [6.07, 6.45) is 0. The van der Waals surface area contributed by atoms with Crippen LogP contribution in [0.5, 0.6) is 0 Å². The van der Waals surface area contributed by atoms with E-state index in [4.69, 9.17) is 0 Å². The monoisotopic (exact) mass is 442 g/mol. The Labute approximate surface area is 189 Å². The molecule has 0 aromatic heterocycles. The van der Waals surface area contributed by atoms with Crippen molar-refractivity contribution >= 4 is 26.5 Å². The van der Waals surface area contributed by atoms with Crippen LogP contribution in [0, 0.1) is 0 Å². The first-order chi connectivity index (χ1) is 13.4. The maximum Gasteiger partial charge on any atom is -0.0134 e. The Balaban J connectivity index is 2.36. The molecule has 2 rings (SSSR count). The van der Waals surface area contributed by atoms with Crippen molar-refractivity contribution in [1.29, 1.82) is 0 Å². The molecule has 0 heterocycles. The summed E-state index contributed by atoms with van der Waals surface area (Å²) in [4.78, 5) is 0. The average molecular weight is 443 g/mol. The summed E-state index contributed by atoms with van der Waals surface area (Å²) in [5, 5.41) is 4.22. The van der Waals surface area contributed by atoms with Crippen LogP contribution in [0.15, 0.2) is 48.5 Å². The predicted octanol–water partition coefficient (Wildman–Crippen LogP) is 8.76. The molecule has 2 aromatic carbocycles. The lowest BCUT2D eigenvalue weighted by Gasteiger charge is -2.42. The summed E-state index contributed by atoms with van der Waals surface area (Å²) >= 11 is 0. The predicted molar refractivity (Wildman–Crippen MR) is 144 cm³/mol. The van der Waals surface area contributed by atoms with E-state index in [1.54, 1.807) is 0 Å². The molecule has 0 radical (unpaired) electrons. The second kappa shape index (κ2) is 8.68. The van der Waals surface area contributed by atoms with Crippen LogP contribution in [0.4, 0.5) is 0 Å². The highest BCUT2D eigenvalue weighted by Gasteiger charge is 2.36. The van der Waals surface area contributed by atoms with Gasteiger partial charge in [-0.2, -0.15) is 0 Å². The number of benzene rings is 2. The second-order valence-electron chi connectivity index (χ2n) is 12.4. The van der Waals surface area contributed by atoms with E-state index < -0.39 is 0 Å². The van der Waals surface area contributed by atoms with Gasteiger partial charge in [0.1, 0.15) is 0 Å². The fourth-order valence-corrected chi connectivity index (χ4v) is 13.2. The molecule has 0 nitrogen and oxygen atoms in total.